The summed E-state index contributed by atoms with van der Waals surface area (Å²) >= 11 is 7.62. The molecular weight excluding hydrogens is 450 g/mol. The van der Waals surface area contributed by atoms with Crippen molar-refractivity contribution >= 4 is 44.9 Å². The summed E-state index contributed by atoms with van der Waals surface area (Å²) in [7, 11) is 0. The number of hydrogen-bond donors (Lipinski definition) is 2. The van der Waals surface area contributed by atoms with Crippen LogP contribution in [0.15, 0.2) is 48.5 Å². The quantitative estimate of drug-likeness (QED) is 0.405. The zero-order chi connectivity index (χ0) is 22.1. The van der Waals surface area contributed by atoms with E-state index in [9.17, 15) is 4.79 Å². The summed E-state index contributed by atoms with van der Waals surface area (Å²) < 4.78 is 11.9. The summed E-state index contributed by atoms with van der Waals surface area (Å²) in [6.45, 7) is 1.78. The van der Waals surface area contributed by atoms with Crippen molar-refractivity contribution in [2.24, 2.45) is 0 Å². The minimum Gasteiger partial charge on any atom is -0.486 e. The van der Waals surface area contributed by atoms with E-state index in [-0.39, 0.29) is 5.56 Å². The Morgan fingerprint density at radius 3 is 2.62 bits per heavy atom. The number of aromatic carboxylic acids is 1. The van der Waals surface area contributed by atoms with Crippen LogP contribution in [-0.4, -0.2) is 40.8 Å². The molecule has 1 aliphatic heterocycles. The van der Waals surface area contributed by atoms with Crippen molar-refractivity contribution in [1.82, 2.24) is 9.97 Å². The van der Waals surface area contributed by atoms with Crippen LogP contribution in [0, 0.1) is 0 Å². The fourth-order valence-electron chi connectivity index (χ4n) is 3.49. The number of ether oxygens (including phenoxy) is 2. The Bertz CT molecular complexity index is 1310. The maximum atomic E-state index is 11.1. The number of nitrogens with one attached hydrogen (secondary N) is 1. The van der Waals surface area contributed by atoms with Gasteiger partial charge in [-0.25, -0.2) is 14.8 Å². The molecular formula is C23H18ClN3O4S. The number of aromatic nitrogens is 2. The van der Waals surface area contributed by atoms with Gasteiger partial charge in [0, 0.05) is 12.1 Å². The molecule has 4 aromatic rings. The van der Waals surface area contributed by atoms with E-state index in [2.05, 4.69) is 10.3 Å². The number of hydrogen-bond acceptors (Lipinski definition) is 7. The summed E-state index contributed by atoms with van der Waals surface area (Å²) in [6.07, 6.45) is 0.767. The van der Waals surface area contributed by atoms with E-state index in [0.29, 0.717) is 35.7 Å². The number of carbonyl (C=O) groups is 1. The molecule has 0 spiro atoms. The molecule has 0 radical (unpaired) electrons. The molecule has 32 heavy (non-hydrogen) atoms. The number of benzene rings is 2. The normalized spacial score (nSPS) is 12.7. The third-order valence-electron chi connectivity index (χ3n) is 5.07. The van der Waals surface area contributed by atoms with Gasteiger partial charge in [0.1, 0.15) is 23.9 Å². The van der Waals surface area contributed by atoms with Gasteiger partial charge in [0.05, 0.1) is 15.3 Å². The number of thiophene rings is 1. The number of nitrogens with zero attached hydrogens (tertiary/aromatic N) is 2. The van der Waals surface area contributed by atoms with Gasteiger partial charge in [0.15, 0.2) is 17.3 Å². The van der Waals surface area contributed by atoms with Gasteiger partial charge < -0.3 is 19.9 Å². The van der Waals surface area contributed by atoms with Gasteiger partial charge in [-0.3, -0.25) is 0 Å². The van der Waals surface area contributed by atoms with Gasteiger partial charge in [0.2, 0.25) is 0 Å². The molecule has 2 aromatic heterocycles. The lowest BCUT2D eigenvalue weighted by Gasteiger charge is -2.19. The first kappa shape index (κ1) is 20.5. The Kier molecular flexibility index (Phi) is 5.55. The summed E-state index contributed by atoms with van der Waals surface area (Å²) in [5.41, 5.74) is 2.07. The van der Waals surface area contributed by atoms with Crippen LogP contribution >= 0.6 is 22.9 Å². The molecule has 0 saturated heterocycles. The third-order valence-corrected chi connectivity index (χ3v) is 6.22. The second-order valence-corrected chi connectivity index (χ2v) is 8.86. The third kappa shape index (κ3) is 4.19. The fourth-order valence-corrected chi connectivity index (χ4v) is 4.57. The van der Waals surface area contributed by atoms with Gasteiger partial charge in [-0.1, -0.05) is 29.8 Å². The van der Waals surface area contributed by atoms with Crippen LogP contribution in [-0.2, 0) is 6.42 Å². The molecule has 0 atom stereocenters. The summed E-state index contributed by atoms with van der Waals surface area (Å²) in [5.74, 6) is 1.77. The Balaban J connectivity index is 1.38. The average molecular weight is 468 g/mol. The molecule has 9 heteroatoms. The average Bonchev–Trinajstić information content (AvgIpc) is 3.19. The molecule has 2 aromatic carbocycles. The predicted molar refractivity (Wildman–Crippen MR) is 124 cm³/mol. The fraction of sp³-hybridized carbons (Fsp3) is 0.174. The first-order chi connectivity index (χ1) is 15.6. The Morgan fingerprint density at radius 1 is 1.06 bits per heavy atom. The van der Waals surface area contributed by atoms with E-state index in [1.807, 2.05) is 24.3 Å². The molecule has 2 N–H and O–H groups in total. The van der Waals surface area contributed by atoms with Crippen molar-refractivity contribution in [2.45, 2.75) is 6.42 Å². The zero-order valence-corrected chi connectivity index (χ0v) is 18.4. The summed E-state index contributed by atoms with van der Waals surface area (Å²) in [4.78, 5) is 21.2. The molecule has 162 valence electrons. The summed E-state index contributed by atoms with van der Waals surface area (Å²) in [5, 5.41) is 13.4. The van der Waals surface area contributed by atoms with Crippen molar-refractivity contribution in [3.05, 3.63) is 64.0 Å². The number of anilines is 1. The van der Waals surface area contributed by atoms with Crippen LogP contribution in [0.4, 0.5) is 5.82 Å². The number of carboxylic acids is 1. The molecule has 0 bridgehead atoms. The van der Waals surface area contributed by atoms with Crippen LogP contribution in [0.1, 0.15) is 15.9 Å². The minimum atomic E-state index is -0.973. The van der Waals surface area contributed by atoms with Crippen molar-refractivity contribution in [1.29, 1.82) is 0 Å². The van der Waals surface area contributed by atoms with Crippen LogP contribution in [0.2, 0.25) is 4.34 Å². The molecule has 3 heterocycles. The highest BCUT2D eigenvalue weighted by Crippen LogP contribution is 2.34. The van der Waals surface area contributed by atoms with E-state index in [1.54, 1.807) is 24.3 Å². The second-order valence-electron chi connectivity index (χ2n) is 7.20. The van der Waals surface area contributed by atoms with Crippen molar-refractivity contribution in [3.63, 3.8) is 0 Å². The van der Waals surface area contributed by atoms with Crippen LogP contribution < -0.4 is 14.8 Å². The highest BCUT2D eigenvalue weighted by atomic mass is 35.5. The van der Waals surface area contributed by atoms with Crippen molar-refractivity contribution < 1.29 is 19.4 Å². The maximum absolute atomic E-state index is 11.1. The Hall–Kier alpha value is -3.36. The number of halogens is 1. The van der Waals surface area contributed by atoms with E-state index < -0.39 is 5.97 Å². The van der Waals surface area contributed by atoms with E-state index in [1.165, 1.54) is 11.3 Å². The standard InChI is InChI=1S/C23H18ClN3O4S/c24-19-12-16-21(25-8-7-13-1-6-17-18(11-13)31-10-9-30-17)26-20(27-22(16)32-19)14-2-4-15(5-3-14)23(28)29/h1-6,11-12H,7-10H2,(H,28,29)(H,25,26,27). The lowest BCUT2D eigenvalue weighted by molar-refractivity contribution is 0.0697. The van der Waals surface area contributed by atoms with E-state index in [4.69, 9.17) is 31.2 Å². The van der Waals surface area contributed by atoms with E-state index in [0.717, 1.165) is 39.3 Å². The molecule has 0 aliphatic carbocycles. The highest BCUT2D eigenvalue weighted by molar-refractivity contribution is 7.22. The van der Waals surface area contributed by atoms with Gasteiger partial charge in [0.25, 0.3) is 0 Å². The molecule has 7 nitrogen and oxygen atoms in total. The second kappa shape index (κ2) is 8.64. The Morgan fingerprint density at radius 2 is 1.84 bits per heavy atom. The van der Waals surface area contributed by atoms with Crippen LogP contribution in [0.5, 0.6) is 11.5 Å². The molecule has 1 aliphatic rings. The van der Waals surface area contributed by atoms with Gasteiger partial charge in [-0.05, 0) is 42.3 Å². The highest BCUT2D eigenvalue weighted by Gasteiger charge is 2.14. The number of carboxylic acid groups (broad SMARTS) is 1. The summed E-state index contributed by atoms with van der Waals surface area (Å²) in [6, 6.07) is 14.3. The monoisotopic (exact) mass is 467 g/mol. The van der Waals surface area contributed by atoms with Gasteiger partial charge in [-0.2, -0.15) is 0 Å². The molecule has 0 saturated carbocycles. The smallest absolute Gasteiger partial charge is 0.335 e. The molecule has 5 rings (SSSR count). The maximum Gasteiger partial charge on any atom is 0.335 e. The van der Waals surface area contributed by atoms with Crippen molar-refractivity contribution in [3.8, 4) is 22.9 Å². The largest absolute Gasteiger partial charge is 0.486 e. The first-order valence-corrected chi connectivity index (χ1v) is 11.2. The SMILES string of the molecule is O=C(O)c1ccc(-c2nc(NCCc3ccc4c(c3)OCCO4)c3cc(Cl)sc3n2)cc1. The topological polar surface area (TPSA) is 93.6 Å². The molecule has 0 amide bonds. The van der Waals surface area contributed by atoms with Gasteiger partial charge in [-0.15, -0.1) is 11.3 Å². The lowest BCUT2D eigenvalue weighted by Crippen LogP contribution is -2.15. The van der Waals surface area contributed by atoms with Crippen molar-refractivity contribution in [2.75, 3.05) is 25.1 Å². The zero-order valence-electron chi connectivity index (χ0n) is 16.8. The Labute approximate surface area is 192 Å². The number of rotatable bonds is 6. The van der Waals surface area contributed by atoms with E-state index >= 15 is 0 Å². The predicted octanol–water partition coefficient (Wildman–Crippen LogP) is 5.14. The lowest BCUT2D eigenvalue weighted by atomic mass is 10.1. The minimum absolute atomic E-state index is 0.215. The van der Waals surface area contributed by atoms with Crippen LogP contribution in [0.3, 0.4) is 0 Å². The molecule has 0 fully saturated rings. The number of fused-ring (bicyclic) bond motifs is 2. The van der Waals surface area contributed by atoms with Crippen LogP contribution in [0.25, 0.3) is 21.6 Å². The van der Waals surface area contributed by atoms with Gasteiger partial charge >= 0.3 is 5.97 Å². The first-order valence-electron chi connectivity index (χ1n) is 10.00. The molecule has 0 unspecified atom stereocenters.